The number of hydrogen-bond donors (Lipinski definition) is 2. The Morgan fingerprint density at radius 3 is 2.65 bits per heavy atom. The minimum Gasteiger partial charge on any atom is -0.469 e. The summed E-state index contributed by atoms with van der Waals surface area (Å²) in [5, 5.41) is 16.6. The van der Waals surface area contributed by atoms with Gasteiger partial charge in [0.25, 0.3) is 0 Å². The maximum Gasteiger partial charge on any atom is 0.308 e. The van der Waals surface area contributed by atoms with Gasteiger partial charge in [0.15, 0.2) is 5.82 Å². The van der Waals surface area contributed by atoms with Crippen LogP contribution in [0.25, 0.3) is 0 Å². The molecule has 0 bridgehead atoms. The average molecular weight is 560 g/mol. The lowest BCUT2D eigenvalue weighted by Gasteiger charge is -2.39. The van der Waals surface area contributed by atoms with Gasteiger partial charge in [-0.15, -0.1) is 0 Å². The Bertz CT molecular complexity index is 1070. The minimum atomic E-state index is -0.304. The zero-order chi connectivity index (χ0) is 29.2. The molecule has 0 aliphatic carbocycles. The monoisotopic (exact) mass is 559 g/mol. The number of amides is 1. The standard InChI is InChI=1S/C30H45N3O7/c1-18(7-10-24-14-23(17-34)15-25(39-24)16-29(36)37-6)8-11-27-20(3)13-26(21(4)38-27)32-28(35)12-9-19(2)30-31-22(5)40-33-30/h7-10,12,19-21,23-27,34H,11,13-17H2,1-6H3,(H,32,35)/b10-7+,12-9-,18-8+/t19-,20-,21+,23-,24+,25?,26+,27-/m0/s1. The van der Waals surface area contributed by atoms with Crippen molar-refractivity contribution in [3.8, 4) is 0 Å². The molecule has 8 atom stereocenters. The van der Waals surface area contributed by atoms with Crippen LogP contribution in [0.15, 0.2) is 40.5 Å². The molecule has 1 aromatic rings. The first-order valence-electron chi connectivity index (χ1n) is 14.2. The molecule has 10 nitrogen and oxygen atoms in total. The molecule has 2 fully saturated rings. The topological polar surface area (TPSA) is 133 Å². The number of nitrogens with zero attached hydrogens (tertiary/aromatic N) is 2. The third kappa shape index (κ3) is 9.67. The van der Waals surface area contributed by atoms with Crippen molar-refractivity contribution in [2.75, 3.05) is 13.7 Å². The van der Waals surface area contributed by atoms with Gasteiger partial charge in [-0.1, -0.05) is 48.9 Å². The molecule has 0 saturated carbocycles. The van der Waals surface area contributed by atoms with Gasteiger partial charge in [-0.05, 0) is 57.4 Å². The van der Waals surface area contributed by atoms with E-state index in [4.69, 9.17) is 18.7 Å². The lowest BCUT2D eigenvalue weighted by atomic mass is 9.88. The first-order chi connectivity index (χ1) is 19.1. The Kier molecular flexibility index (Phi) is 12.1. The second-order valence-corrected chi connectivity index (χ2v) is 11.2. The van der Waals surface area contributed by atoms with Gasteiger partial charge >= 0.3 is 5.97 Å². The van der Waals surface area contributed by atoms with Gasteiger partial charge < -0.3 is 29.2 Å². The Balaban J connectivity index is 1.47. The highest BCUT2D eigenvalue weighted by atomic mass is 16.5. The highest BCUT2D eigenvalue weighted by Gasteiger charge is 2.33. The number of nitrogens with one attached hydrogen (secondary N) is 1. The summed E-state index contributed by atoms with van der Waals surface area (Å²) in [6, 6.07) is -0.0723. The molecule has 0 radical (unpaired) electrons. The van der Waals surface area contributed by atoms with Crippen LogP contribution >= 0.6 is 0 Å². The lowest BCUT2D eigenvalue weighted by molar-refractivity contribution is -0.147. The smallest absolute Gasteiger partial charge is 0.308 e. The Labute approximate surface area is 237 Å². The van der Waals surface area contributed by atoms with Crippen LogP contribution in [0.4, 0.5) is 0 Å². The summed E-state index contributed by atoms with van der Waals surface area (Å²) in [4.78, 5) is 28.4. The second kappa shape index (κ2) is 15.3. The summed E-state index contributed by atoms with van der Waals surface area (Å²) in [6.07, 6.45) is 12.2. The Morgan fingerprint density at radius 2 is 1.98 bits per heavy atom. The first kappa shape index (κ1) is 31.7. The van der Waals surface area contributed by atoms with E-state index in [0.29, 0.717) is 18.1 Å². The molecule has 10 heteroatoms. The van der Waals surface area contributed by atoms with Crippen molar-refractivity contribution in [2.24, 2.45) is 11.8 Å². The number of aromatic nitrogens is 2. The summed E-state index contributed by atoms with van der Waals surface area (Å²) < 4.78 is 22.1. The predicted octanol–water partition coefficient (Wildman–Crippen LogP) is 3.95. The fourth-order valence-corrected chi connectivity index (χ4v) is 5.22. The number of hydrogen-bond acceptors (Lipinski definition) is 9. The van der Waals surface area contributed by atoms with Crippen molar-refractivity contribution in [1.82, 2.24) is 15.5 Å². The van der Waals surface area contributed by atoms with Gasteiger partial charge in [0.05, 0.1) is 44.0 Å². The molecule has 1 amide bonds. The predicted molar refractivity (Wildman–Crippen MR) is 149 cm³/mol. The summed E-state index contributed by atoms with van der Waals surface area (Å²) >= 11 is 0. The molecule has 0 spiro atoms. The van der Waals surface area contributed by atoms with Gasteiger partial charge in [0, 0.05) is 19.4 Å². The summed E-state index contributed by atoms with van der Waals surface area (Å²) in [5.74, 6) is 0.820. The van der Waals surface area contributed by atoms with Crippen molar-refractivity contribution >= 4 is 11.9 Å². The molecular weight excluding hydrogens is 514 g/mol. The quantitative estimate of drug-likeness (QED) is 0.235. The number of allylic oxidation sites excluding steroid dienone is 3. The lowest BCUT2D eigenvalue weighted by Crippen LogP contribution is -2.50. The van der Waals surface area contributed by atoms with Crippen LogP contribution in [-0.2, 0) is 23.8 Å². The largest absolute Gasteiger partial charge is 0.469 e. The summed E-state index contributed by atoms with van der Waals surface area (Å²) in [7, 11) is 1.37. The van der Waals surface area contributed by atoms with E-state index in [9.17, 15) is 14.7 Å². The Hall–Kier alpha value is -2.82. The molecular formula is C30H45N3O7. The molecule has 2 N–H and O–H groups in total. The van der Waals surface area contributed by atoms with E-state index in [1.807, 2.05) is 32.9 Å². The van der Waals surface area contributed by atoms with E-state index < -0.39 is 0 Å². The van der Waals surface area contributed by atoms with Gasteiger partial charge in [-0.3, -0.25) is 9.59 Å². The average Bonchev–Trinajstić information content (AvgIpc) is 3.37. The third-order valence-corrected chi connectivity index (χ3v) is 7.69. The zero-order valence-corrected chi connectivity index (χ0v) is 24.5. The van der Waals surface area contributed by atoms with E-state index in [0.717, 1.165) is 24.8 Å². The number of methoxy groups -OCH3 is 1. The molecule has 1 unspecified atom stereocenters. The van der Waals surface area contributed by atoms with Gasteiger partial charge in [0.1, 0.15) is 0 Å². The molecule has 2 aliphatic heterocycles. The Morgan fingerprint density at radius 1 is 1.20 bits per heavy atom. The molecule has 1 aromatic heterocycles. The van der Waals surface area contributed by atoms with Crippen LogP contribution < -0.4 is 5.32 Å². The SMILES string of the molecule is COC(=O)CC1C[C@@H](CO)C[C@@H](/C=C/C(C)=C/C[C@@H]2O[C@H](C)[C@H](NC(=O)/C=C\[C@H](C)c3noc(C)n3)C[C@@H]2C)O1. The van der Waals surface area contributed by atoms with Gasteiger partial charge in [-0.2, -0.15) is 4.98 Å². The highest BCUT2D eigenvalue weighted by Crippen LogP contribution is 2.29. The van der Waals surface area contributed by atoms with E-state index >= 15 is 0 Å². The zero-order valence-electron chi connectivity index (χ0n) is 24.5. The van der Waals surface area contributed by atoms with Crippen LogP contribution in [-0.4, -0.2) is 71.3 Å². The molecule has 2 saturated heterocycles. The number of aryl methyl sites for hydroxylation is 1. The molecule has 40 heavy (non-hydrogen) atoms. The van der Waals surface area contributed by atoms with Crippen LogP contribution in [0.5, 0.6) is 0 Å². The van der Waals surface area contributed by atoms with Crippen LogP contribution in [0.3, 0.4) is 0 Å². The maximum atomic E-state index is 12.5. The number of esters is 1. The molecule has 2 aliphatic rings. The summed E-state index contributed by atoms with van der Waals surface area (Å²) in [5.41, 5.74) is 1.09. The number of aliphatic hydroxyl groups is 1. The normalized spacial score (nSPS) is 30.5. The molecule has 0 aromatic carbocycles. The van der Waals surface area contributed by atoms with E-state index in [1.165, 1.54) is 13.2 Å². The van der Waals surface area contributed by atoms with E-state index in [1.54, 1.807) is 13.0 Å². The second-order valence-electron chi connectivity index (χ2n) is 11.2. The fraction of sp³-hybridized carbons (Fsp3) is 0.667. The van der Waals surface area contributed by atoms with Crippen LogP contribution in [0.2, 0.25) is 0 Å². The van der Waals surface area contributed by atoms with Crippen molar-refractivity contribution in [2.45, 2.75) is 103 Å². The molecule has 3 rings (SSSR count). The number of carbonyl (C=O) groups excluding carboxylic acids is 2. The van der Waals surface area contributed by atoms with Crippen LogP contribution in [0.1, 0.15) is 77.4 Å². The maximum absolute atomic E-state index is 12.5. The molecule has 3 heterocycles. The molecule has 222 valence electrons. The van der Waals surface area contributed by atoms with Crippen molar-refractivity contribution in [1.29, 1.82) is 0 Å². The third-order valence-electron chi connectivity index (χ3n) is 7.69. The number of aliphatic hydroxyl groups excluding tert-OH is 1. The van der Waals surface area contributed by atoms with Crippen LogP contribution in [0, 0.1) is 18.8 Å². The summed E-state index contributed by atoms with van der Waals surface area (Å²) in [6.45, 7) is 9.91. The number of rotatable bonds is 11. The van der Waals surface area contributed by atoms with Gasteiger partial charge in [0.2, 0.25) is 11.8 Å². The number of carbonyl (C=O) groups is 2. The highest BCUT2D eigenvalue weighted by molar-refractivity contribution is 5.87. The minimum absolute atomic E-state index is 0.0534. The number of ether oxygens (including phenoxy) is 3. The fourth-order valence-electron chi connectivity index (χ4n) is 5.22. The van der Waals surface area contributed by atoms with Gasteiger partial charge in [-0.25, -0.2) is 0 Å². The van der Waals surface area contributed by atoms with Crippen molar-refractivity contribution < 1.29 is 33.4 Å². The van der Waals surface area contributed by atoms with E-state index in [-0.39, 0.29) is 73.1 Å². The first-order valence-corrected chi connectivity index (χ1v) is 14.2. The van der Waals surface area contributed by atoms with Crippen molar-refractivity contribution in [3.05, 3.63) is 47.7 Å². The van der Waals surface area contributed by atoms with Crippen molar-refractivity contribution in [3.63, 3.8) is 0 Å². The van der Waals surface area contributed by atoms with E-state index in [2.05, 4.69) is 28.5 Å².